The van der Waals surface area contributed by atoms with E-state index in [0.717, 1.165) is 0 Å². The molecule has 0 fully saturated rings. The maximum Gasteiger partial charge on any atom is 0.271 e. The van der Waals surface area contributed by atoms with Gasteiger partial charge in [-0.2, -0.15) is 5.10 Å². The highest BCUT2D eigenvalue weighted by atomic mass is 79.9. The number of carbonyl (C=O) groups is 1. The molecule has 0 bridgehead atoms. The molecule has 0 radical (unpaired) electrons. The maximum absolute atomic E-state index is 11.9. The van der Waals surface area contributed by atoms with Crippen LogP contribution in [-0.4, -0.2) is 17.2 Å². The van der Waals surface area contributed by atoms with Crippen LogP contribution in [0.3, 0.4) is 0 Å². The summed E-state index contributed by atoms with van der Waals surface area (Å²) in [4.78, 5) is 11.9. The number of nitrogens with one attached hydrogen (secondary N) is 1. The molecular weight excluding hydrogens is 503 g/mol. The number of hydrogen-bond acceptors (Lipinski definition) is 3. The third-order valence-electron chi connectivity index (χ3n) is 2.60. The molecule has 2 rings (SSSR count). The van der Waals surface area contributed by atoms with E-state index in [2.05, 4.69) is 58.3 Å². The molecule has 2 aromatic rings. The third kappa shape index (κ3) is 4.32. The van der Waals surface area contributed by atoms with Crippen molar-refractivity contribution in [3.05, 3.63) is 59.9 Å². The molecule has 2 aromatic carbocycles. The van der Waals surface area contributed by atoms with E-state index in [0.29, 0.717) is 29.6 Å². The molecule has 0 saturated heterocycles. The SMILES string of the molecule is O=C(NN=Cc1cc(Br)c(O)c(Br)c1)c1ccc(Cl)c(Br)c1. The zero-order chi connectivity index (χ0) is 16.3. The van der Waals surface area contributed by atoms with Gasteiger partial charge in [0.25, 0.3) is 5.91 Å². The fourth-order valence-corrected chi connectivity index (χ4v) is 3.25. The van der Waals surface area contributed by atoms with Crippen molar-refractivity contribution >= 4 is 71.5 Å². The monoisotopic (exact) mass is 508 g/mol. The van der Waals surface area contributed by atoms with Crippen molar-refractivity contribution in [2.24, 2.45) is 5.10 Å². The standard InChI is InChI=1S/C14H8Br3ClN2O2/c15-9-5-8(1-2-12(9)18)14(22)20-19-6-7-3-10(16)13(21)11(17)4-7/h1-6,21H,(H,20,22). The summed E-state index contributed by atoms with van der Waals surface area (Å²) < 4.78 is 1.68. The summed E-state index contributed by atoms with van der Waals surface area (Å²) in [5, 5.41) is 14.0. The molecule has 0 unspecified atom stereocenters. The number of benzene rings is 2. The van der Waals surface area contributed by atoms with E-state index in [-0.39, 0.29) is 11.7 Å². The Morgan fingerprint density at radius 2 is 1.77 bits per heavy atom. The molecule has 0 atom stereocenters. The normalized spacial score (nSPS) is 10.9. The molecule has 0 aliphatic rings. The van der Waals surface area contributed by atoms with Crippen molar-refractivity contribution in [1.29, 1.82) is 0 Å². The van der Waals surface area contributed by atoms with Crippen LogP contribution in [0.2, 0.25) is 5.02 Å². The quantitative estimate of drug-likeness (QED) is 0.445. The largest absolute Gasteiger partial charge is 0.506 e. The Morgan fingerprint density at radius 1 is 1.14 bits per heavy atom. The van der Waals surface area contributed by atoms with Crippen LogP contribution in [-0.2, 0) is 0 Å². The van der Waals surface area contributed by atoms with Crippen molar-refractivity contribution in [2.45, 2.75) is 0 Å². The lowest BCUT2D eigenvalue weighted by molar-refractivity contribution is 0.0955. The summed E-state index contributed by atoms with van der Waals surface area (Å²) >= 11 is 15.6. The van der Waals surface area contributed by atoms with E-state index >= 15 is 0 Å². The van der Waals surface area contributed by atoms with E-state index in [4.69, 9.17) is 11.6 Å². The molecule has 0 spiro atoms. The second-order valence-electron chi connectivity index (χ2n) is 4.16. The predicted molar refractivity (Wildman–Crippen MR) is 97.7 cm³/mol. The average Bonchev–Trinajstić information content (AvgIpc) is 2.47. The van der Waals surface area contributed by atoms with Gasteiger partial charge >= 0.3 is 0 Å². The molecule has 114 valence electrons. The van der Waals surface area contributed by atoms with Gasteiger partial charge in [0.15, 0.2) is 0 Å². The first-order valence-electron chi connectivity index (χ1n) is 5.85. The van der Waals surface area contributed by atoms with Crippen LogP contribution in [0.25, 0.3) is 0 Å². The Hall–Kier alpha value is -0.890. The van der Waals surface area contributed by atoms with Crippen molar-refractivity contribution < 1.29 is 9.90 Å². The number of hydrogen-bond donors (Lipinski definition) is 2. The van der Waals surface area contributed by atoms with Crippen molar-refractivity contribution in [3.63, 3.8) is 0 Å². The number of hydrazone groups is 1. The molecule has 0 saturated carbocycles. The van der Waals surface area contributed by atoms with Crippen molar-refractivity contribution in [1.82, 2.24) is 5.43 Å². The van der Waals surface area contributed by atoms with Gasteiger partial charge in [-0.25, -0.2) is 5.43 Å². The number of nitrogens with zero attached hydrogens (tertiary/aromatic N) is 1. The first-order chi connectivity index (χ1) is 10.4. The molecule has 8 heteroatoms. The first kappa shape index (κ1) is 17.5. The molecule has 0 aliphatic heterocycles. The van der Waals surface area contributed by atoms with Crippen molar-refractivity contribution in [2.75, 3.05) is 0 Å². The van der Waals surface area contributed by atoms with Gasteiger partial charge in [0.05, 0.1) is 20.2 Å². The number of phenols is 1. The van der Waals surface area contributed by atoms with Gasteiger partial charge in [-0.05, 0) is 83.7 Å². The van der Waals surface area contributed by atoms with E-state index in [1.165, 1.54) is 6.21 Å². The van der Waals surface area contributed by atoms with Crippen LogP contribution in [0.4, 0.5) is 0 Å². The number of aromatic hydroxyl groups is 1. The van der Waals surface area contributed by atoms with Crippen molar-refractivity contribution in [3.8, 4) is 5.75 Å². The highest BCUT2D eigenvalue weighted by Gasteiger charge is 2.07. The van der Waals surface area contributed by atoms with Crippen LogP contribution in [0, 0.1) is 0 Å². The van der Waals surface area contributed by atoms with Gasteiger partial charge in [0, 0.05) is 10.0 Å². The fourth-order valence-electron chi connectivity index (χ4n) is 1.53. The molecule has 0 aromatic heterocycles. The van der Waals surface area contributed by atoms with Crippen LogP contribution in [0.1, 0.15) is 15.9 Å². The summed E-state index contributed by atoms with van der Waals surface area (Å²) in [6, 6.07) is 8.19. The molecule has 1 amide bonds. The minimum atomic E-state index is -0.356. The topological polar surface area (TPSA) is 61.7 Å². The number of phenolic OH excluding ortho intramolecular Hbond substituents is 1. The van der Waals surface area contributed by atoms with Crippen LogP contribution in [0.5, 0.6) is 5.75 Å². The van der Waals surface area contributed by atoms with Gasteiger partial charge in [0.1, 0.15) is 5.75 Å². The second-order valence-corrected chi connectivity index (χ2v) is 7.13. The number of amides is 1. The predicted octanol–water partition coefficient (Wildman–Crippen LogP) is 5.10. The Labute approximate surface area is 156 Å². The van der Waals surface area contributed by atoms with Crippen LogP contribution >= 0.6 is 59.4 Å². The Bertz CT molecular complexity index is 743. The smallest absolute Gasteiger partial charge is 0.271 e. The zero-order valence-electron chi connectivity index (χ0n) is 10.8. The van der Waals surface area contributed by atoms with Gasteiger partial charge < -0.3 is 5.11 Å². The third-order valence-corrected chi connectivity index (χ3v) is 5.02. The van der Waals surface area contributed by atoms with E-state index in [1.807, 2.05) is 0 Å². The molecule has 22 heavy (non-hydrogen) atoms. The summed E-state index contributed by atoms with van der Waals surface area (Å²) in [5.41, 5.74) is 3.56. The molecule has 0 heterocycles. The minimum absolute atomic E-state index is 0.104. The van der Waals surface area contributed by atoms with Gasteiger partial charge in [-0.15, -0.1) is 0 Å². The highest BCUT2D eigenvalue weighted by Crippen LogP contribution is 2.32. The van der Waals surface area contributed by atoms with Crippen LogP contribution < -0.4 is 5.43 Å². The average molecular weight is 511 g/mol. The second kappa shape index (κ2) is 7.59. The molecule has 0 aliphatic carbocycles. The Balaban J connectivity index is 2.09. The molecule has 2 N–H and O–H groups in total. The minimum Gasteiger partial charge on any atom is -0.506 e. The summed E-state index contributed by atoms with van der Waals surface area (Å²) in [7, 11) is 0. The van der Waals surface area contributed by atoms with Gasteiger partial charge in [0.2, 0.25) is 0 Å². The van der Waals surface area contributed by atoms with E-state index in [1.54, 1.807) is 30.3 Å². The summed E-state index contributed by atoms with van der Waals surface area (Å²) in [6.07, 6.45) is 1.47. The summed E-state index contributed by atoms with van der Waals surface area (Å²) in [5.74, 6) is -0.252. The van der Waals surface area contributed by atoms with E-state index in [9.17, 15) is 9.90 Å². The highest BCUT2D eigenvalue weighted by molar-refractivity contribution is 9.11. The molecular formula is C14H8Br3ClN2O2. The lowest BCUT2D eigenvalue weighted by Gasteiger charge is -2.03. The lowest BCUT2D eigenvalue weighted by Crippen LogP contribution is -2.17. The number of rotatable bonds is 3. The lowest BCUT2D eigenvalue weighted by atomic mass is 10.2. The zero-order valence-corrected chi connectivity index (χ0v) is 16.3. The van der Waals surface area contributed by atoms with Crippen LogP contribution in [0.15, 0.2) is 48.9 Å². The summed E-state index contributed by atoms with van der Waals surface area (Å²) in [6.45, 7) is 0. The van der Waals surface area contributed by atoms with E-state index < -0.39 is 0 Å². The number of halogens is 4. The maximum atomic E-state index is 11.9. The first-order valence-corrected chi connectivity index (χ1v) is 8.60. The Morgan fingerprint density at radius 3 is 2.36 bits per heavy atom. The Kier molecular flexibility index (Phi) is 6.02. The number of carbonyl (C=O) groups excluding carboxylic acids is 1. The van der Waals surface area contributed by atoms with Gasteiger partial charge in [-0.3, -0.25) is 4.79 Å². The fraction of sp³-hybridized carbons (Fsp3) is 0. The molecule has 4 nitrogen and oxygen atoms in total. The van der Waals surface area contributed by atoms with Gasteiger partial charge in [-0.1, -0.05) is 11.6 Å².